The van der Waals surface area contributed by atoms with E-state index >= 15 is 0 Å². The predicted octanol–water partition coefficient (Wildman–Crippen LogP) is 3.76. The second-order valence-electron chi connectivity index (χ2n) is 4.96. The number of fused-ring (bicyclic) bond motifs is 1. The summed E-state index contributed by atoms with van der Waals surface area (Å²) in [6.07, 6.45) is 0. The molecule has 0 spiro atoms. The van der Waals surface area contributed by atoms with Crippen molar-refractivity contribution in [1.82, 2.24) is 9.55 Å². The fourth-order valence-corrected chi connectivity index (χ4v) is 2.55. The van der Waals surface area contributed by atoms with Crippen LogP contribution in [0.4, 0.5) is 8.78 Å². The number of amides is 1. The lowest BCUT2D eigenvalue weighted by atomic mass is 10.2. The van der Waals surface area contributed by atoms with E-state index in [1.807, 2.05) is 0 Å². The molecule has 0 atom stereocenters. The van der Waals surface area contributed by atoms with Crippen molar-refractivity contribution in [2.45, 2.75) is 13.2 Å². The molecule has 0 saturated carbocycles. The van der Waals surface area contributed by atoms with Crippen molar-refractivity contribution in [3.8, 4) is 5.75 Å². The molecule has 0 radical (unpaired) electrons. The highest BCUT2D eigenvalue weighted by Crippen LogP contribution is 2.26. The number of para-hydroxylation sites is 2. The van der Waals surface area contributed by atoms with E-state index < -0.39 is 12.5 Å². The van der Waals surface area contributed by atoms with E-state index in [2.05, 4.69) is 4.98 Å². The minimum Gasteiger partial charge on any atom is -0.485 e. The first kappa shape index (κ1) is 16.2. The van der Waals surface area contributed by atoms with Gasteiger partial charge in [0, 0.05) is 5.02 Å². The van der Waals surface area contributed by atoms with Crippen molar-refractivity contribution < 1.29 is 18.3 Å². The van der Waals surface area contributed by atoms with Crippen molar-refractivity contribution in [3.05, 3.63) is 58.9 Å². The van der Waals surface area contributed by atoms with Crippen molar-refractivity contribution in [2.24, 2.45) is 5.73 Å². The number of benzene rings is 2. The van der Waals surface area contributed by atoms with Crippen LogP contribution in [0.25, 0.3) is 11.0 Å². The molecule has 3 rings (SSSR count). The minimum absolute atomic E-state index is 0.0385. The quantitative estimate of drug-likeness (QED) is 0.760. The molecule has 3 aromatic rings. The monoisotopic (exact) mass is 351 g/mol. The van der Waals surface area contributed by atoms with E-state index in [1.165, 1.54) is 18.2 Å². The summed E-state index contributed by atoms with van der Waals surface area (Å²) in [6, 6.07) is 10.9. The number of halogens is 3. The first-order valence-electron chi connectivity index (χ1n) is 6.93. The molecule has 1 heterocycles. The maximum atomic E-state index is 13.4. The third-order valence-corrected chi connectivity index (χ3v) is 3.66. The highest BCUT2D eigenvalue weighted by molar-refractivity contribution is 6.31. The number of hydrogen-bond acceptors (Lipinski definition) is 3. The van der Waals surface area contributed by atoms with E-state index in [-0.39, 0.29) is 23.7 Å². The Morgan fingerprint density at radius 2 is 2.04 bits per heavy atom. The van der Waals surface area contributed by atoms with Gasteiger partial charge in [-0.3, -0.25) is 9.36 Å². The minimum atomic E-state index is -2.77. The Morgan fingerprint density at radius 1 is 1.29 bits per heavy atom. The SMILES string of the molecule is NC(=O)c1cc(Cl)ccc1OCc1nc2ccccc2n1C(F)F. The second-order valence-corrected chi connectivity index (χ2v) is 5.39. The maximum Gasteiger partial charge on any atom is 0.320 e. The molecule has 8 heteroatoms. The maximum absolute atomic E-state index is 13.4. The third kappa shape index (κ3) is 3.03. The van der Waals surface area contributed by atoms with Crippen LogP contribution in [0, 0.1) is 0 Å². The van der Waals surface area contributed by atoms with Crippen LogP contribution in [0.2, 0.25) is 5.02 Å². The van der Waals surface area contributed by atoms with E-state index in [9.17, 15) is 13.6 Å². The second kappa shape index (κ2) is 6.45. The fraction of sp³-hybridized carbons (Fsp3) is 0.125. The molecular weight excluding hydrogens is 340 g/mol. The van der Waals surface area contributed by atoms with Gasteiger partial charge in [0.05, 0.1) is 16.6 Å². The van der Waals surface area contributed by atoms with Gasteiger partial charge in [-0.2, -0.15) is 8.78 Å². The Balaban J connectivity index is 1.94. The lowest BCUT2D eigenvalue weighted by molar-refractivity contribution is 0.0675. The van der Waals surface area contributed by atoms with Gasteiger partial charge >= 0.3 is 6.55 Å². The molecule has 5 nitrogen and oxygen atoms in total. The number of rotatable bonds is 5. The highest BCUT2D eigenvalue weighted by Gasteiger charge is 2.19. The number of carbonyl (C=O) groups excluding carboxylic acids is 1. The molecule has 1 aromatic heterocycles. The average Bonchev–Trinajstić information content (AvgIpc) is 2.92. The van der Waals surface area contributed by atoms with Gasteiger partial charge in [-0.25, -0.2) is 4.98 Å². The molecule has 0 unspecified atom stereocenters. The first-order chi connectivity index (χ1) is 11.5. The number of primary amides is 1. The summed E-state index contributed by atoms with van der Waals surface area (Å²) in [5.74, 6) is -0.536. The van der Waals surface area contributed by atoms with Gasteiger partial charge in [0.2, 0.25) is 0 Å². The van der Waals surface area contributed by atoms with Crippen molar-refractivity contribution in [1.29, 1.82) is 0 Å². The third-order valence-electron chi connectivity index (χ3n) is 3.43. The van der Waals surface area contributed by atoms with Gasteiger partial charge in [0.15, 0.2) is 5.82 Å². The van der Waals surface area contributed by atoms with Crippen LogP contribution in [0.1, 0.15) is 22.7 Å². The summed E-state index contributed by atoms with van der Waals surface area (Å²) in [6.45, 7) is -3.02. The summed E-state index contributed by atoms with van der Waals surface area (Å²) >= 11 is 5.82. The van der Waals surface area contributed by atoms with Gasteiger partial charge in [-0.15, -0.1) is 0 Å². The summed E-state index contributed by atoms with van der Waals surface area (Å²) in [4.78, 5) is 15.6. The molecule has 1 amide bonds. The molecule has 24 heavy (non-hydrogen) atoms. The lowest BCUT2D eigenvalue weighted by Gasteiger charge is -2.11. The van der Waals surface area contributed by atoms with Crippen LogP contribution in [-0.2, 0) is 6.61 Å². The van der Waals surface area contributed by atoms with Gasteiger partial charge < -0.3 is 10.5 Å². The molecule has 0 bridgehead atoms. The Kier molecular flexibility index (Phi) is 4.35. The van der Waals surface area contributed by atoms with Crippen LogP contribution < -0.4 is 10.5 Å². The number of nitrogens with two attached hydrogens (primary N) is 1. The Morgan fingerprint density at radius 3 is 2.75 bits per heavy atom. The molecule has 0 saturated heterocycles. The highest BCUT2D eigenvalue weighted by atomic mass is 35.5. The van der Waals surface area contributed by atoms with Gasteiger partial charge in [-0.1, -0.05) is 23.7 Å². The summed E-state index contributed by atoms with van der Waals surface area (Å²) < 4.78 is 33.0. The zero-order chi connectivity index (χ0) is 17.3. The predicted molar refractivity (Wildman–Crippen MR) is 85.3 cm³/mol. The van der Waals surface area contributed by atoms with Gasteiger partial charge in [0.25, 0.3) is 5.91 Å². The summed E-state index contributed by atoms with van der Waals surface area (Å²) in [5, 5.41) is 0.316. The number of hydrogen-bond donors (Lipinski definition) is 1. The van der Waals surface area contributed by atoms with Crippen molar-refractivity contribution in [2.75, 3.05) is 0 Å². The average molecular weight is 352 g/mol. The Hall–Kier alpha value is -2.67. The molecule has 124 valence electrons. The van der Waals surface area contributed by atoms with Gasteiger partial charge in [0.1, 0.15) is 12.4 Å². The number of imidazole rings is 1. The standard InChI is InChI=1S/C16H12ClF2N3O2/c17-9-5-6-13(10(7-9)15(20)23)24-8-14-21-11-3-1-2-4-12(11)22(14)16(18)19/h1-7,16H,8H2,(H2,20,23). The van der Waals surface area contributed by atoms with Crippen LogP contribution in [-0.4, -0.2) is 15.5 Å². The zero-order valence-electron chi connectivity index (χ0n) is 12.2. The van der Waals surface area contributed by atoms with E-state index in [0.29, 0.717) is 16.1 Å². The molecule has 2 N–H and O–H groups in total. The van der Waals surface area contributed by atoms with E-state index in [1.54, 1.807) is 24.3 Å². The Bertz CT molecular complexity index is 911. The van der Waals surface area contributed by atoms with Crippen LogP contribution >= 0.6 is 11.6 Å². The molecular formula is C16H12ClF2N3O2. The smallest absolute Gasteiger partial charge is 0.320 e. The molecule has 2 aromatic carbocycles. The van der Waals surface area contributed by atoms with Gasteiger partial charge in [-0.05, 0) is 30.3 Å². The molecule has 0 aliphatic carbocycles. The topological polar surface area (TPSA) is 70.1 Å². The molecule has 0 aliphatic rings. The van der Waals surface area contributed by atoms with E-state index in [4.69, 9.17) is 22.1 Å². The normalized spacial score (nSPS) is 11.2. The first-order valence-corrected chi connectivity index (χ1v) is 7.31. The number of carbonyl (C=O) groups is 1. The van der Waals surface area contributed by atoms with E-state index in [0.717, 1.165) is 4.57 Å². The van der Waals surface area contributed by atoms with Crippen LogP contribution in [0.15, 0.2) is 42.5 Å². The van der Waals surface area contributed by atoms with Crippen molar-refractivity contribution in [3.63, 3.8) is 0 Å². The lowest BCUT2D eigenvalue weighted by Crippen LogP contribution is -2.14. The number of alkyl halides is 2. The van der Waals surface area contributed by atoms with Crippen molar-refractivity contribution >= 4 is 28.5 Å². The summed E-state index contributed by atoms with van der Waals surface area (Å²) in [5.41, 5.74) is 6.08. The number of aromatic nitrogens is 2. The Labute approximate surface area is 140 Å². The number of ether oxygens (including phenoxy) is 1. The largest absolute Gasteiger partial charge is 0.485 e. The van der Waals surface area contributed by atoms with Crippen LogP contribution in [0.5, 0.6) is 5.75 Å². The zero-order valence-corrected chi connectivity index (χ0v) is 13.0. The van der Waals surface area contributed by atoms with Crippen LogP contribution in [0.3, 0.4) is 0 Å². The summed E-state index contributed by atoms with van der Waals surface area (Å²) in [7, 11) is 0. The molecule has 0 fully saturated rings. The fourth-order valence-electron chi connectivity index (χ4n) is 2.38. The number of nitrogens with zero attached hydrogens (tertiary/aromatic N) is 2. The molecule has 0 aliphatic heterocycles.